The average molecular weight is 294 g/mol. The van der Waals surface area contributed by atoms with Crippen LogP contribution in [0.15, 0.2) is 60.8 Å². The molecule has 5 nitrogen and oxygen atoms in total. The molecule has 0 unspecified atom stereocenters. The van der Waals surface area contributed by atoms with Crippen molar-refractivity contribution < 1.29 is 14.6 Å². The zero-order valence-electron chi connectivity index (χ0n) is 11.9. The number of hydrogen-bond donors (Lipinski definition) is 1. The summed E-state index contributed by atoms with van der Waals surface area (Å²) in [6.07, 6.45) is 1.42. The van der Waals surface area contributed by atoms with Crippen LogP contribution in [0.2, 0.25) is 0 Å². The van der Waals surface area contributed by atoms with Crippen molar-refractivity contribution in [1.29, 1.82) is 0 Å². The van der Waals surface area contributed by atoms with Crippen LogP contribution >= 0.6 is 0 Å². The Morgan fingerprint density at radius 1 is 1.09 bits per heavy atom. The molecule has 110 valence electrons. The standard InChI is InChI=1S/C17H14N2O3/c1-12-7-5-6-10-14(12)19-16(17(20)21)15(11-18-19)22-13-8-3-2-4-9-13/h2-11H,1H3,(H,20,21). The van der Waals surface area contributed by atoms with E-state index >= 15 is 0 Å². The first-order chi connectivity index (χ1) is 10.7. The maximum absolute atomic E-state index is 11.6. The molecule has 1 N–H and O–H groups in total. The highest BCUT2D eigenvalue weighted by molar-refractivity contribution is 5.89. The molecule has 0 amide bonds. The van der Waals surface area contributed by atoms with Gasteiger partial charge in [-0.2, -0.15) is 5.10 Å². The van der Waals surface area contributed by atoms with Crippen LogP contribution < -0.4 is 4.74 Å². The first-order valence-corrected chi connectivity index (χ1v) is 6.77. The van der Waals surface area contributed by atoms with E-state index in [2.05, 4.69) is 5.10 Å². The van der Waals surface area contributed by atoms with Gasteiger partial charge in [-0.05, 0) is 30.7 Å². The molecule has 0 bridgehead atoms. The fraction of sp³-hybridized carbons (Fsp3) is 0.0588. The normalized spacial score (nSPS) is 10.4. The molecule has 0 saturated carbocycles. The van der Waals surface area contributed by atoms with Crippen molar-refractivity contribution >= 4 is 5.97 Å². The van der Waals surface area contributed by atoms with Crippen molar-refractivity contribution in [2.75, 3.05) is 0 Å². The molecular formula is C17H14N2O3. The second-order valence-electron chi connectivity index (χ2n) is 4.78. The molecule has 0 spiro atoms. The Kier molecular flexibility index (Phi) is 3.62. The van der Waals surface area contributed by atoms with Gasteiger partial charge in [-0.3, -0.25) is 0 Å². The van der Waals surface area contributed by atoms with Crippen LogP contribution in [0.25, 0.3) is 5.69 Å². The third-order valence-electron chi connectivity index (χ3n) is 3.25. The van der Waals surface area contributed by atoms with Gasteiger partial charge in [-0.25, -0.2) is 9.48 Å². The predicted molar refractivity (Wildman–Crippen MR) is 81.8 cm³/mol. The van der Waals surface area contributed by atoms with Gasteiger partial charge in [0.15, 0.2) is 11.4 Å². The van der Waals surface area contributed by atoms with Crippen LogP contribution in [0.3, 0.4) is 0 Å². The number of benzene rings is 2. The lowest BCUT2D eigenvalue weighted by Gasteiger charge is -2.09. The highest BCUT2D eigenvalue weighted by atomic mass is 16.5. The van der Waals surface area contributed by atoms with Crippen molar-refractivity contribution in [1.82, 2.24) is 9.78 Å². The molecule has 0 saturated heterocycles. The molecule has 1 heterocycles. The highest BCUT2D eigenvalue weighted by Gasteiger charge is 2.21. The Morgan fingerprint density at radius 2 is 1.77 bits per heavy atom. The summed E-state index contributed by atoms with van der Waals surface area (Å²) in [5, 5.41) is 13.7. The van der Waals surface area contributed by atoms with E-state index in [-0.39, 0.29) is 11.4 Å². The van der Waals surface area contributed by atoms with Gasteiger partial charge in [0.05, 0.1) is 11.9 Å². The number of carboxylic acids is 1. The number of para-hydroxylation sites is 2. The highest BCUT2D eigenvalue weighted by Crippen LogP contribution is 2.27. The number of rotatable bonds is 4. The summed E-state index contributed by atoms with van der Waals surface area (Å²) >= 11 is 0. The molecule has 2 aromatic carbocycles. The lowest BCUT2D eigenvalue weighted by atomic mass is 10.2. The summed E-state index contributed by atoms with van der Waals surface area (Å²) in [6, 6.07) is 16.5. The third-order valence-corrected chi connectivity index (χ3v) is 3.25. The summed E-state index contributed by atoms with van der Waals surface area (Å²) in [5.41, 5.74) is 1.64. The third kappa shape index (κ3) is 2.56. The lowest BCUT2D eigenvalue weighted by Crippen LogP contribution is -2.10. The van der Waals surface area contributed by atoms with Gasteiger partial charge in [-0.15, -0.1) is 0 Å². The van der Waals surface area contributed by atoms with Gasteiger partial charge in [0.2, 0.25) is 0 Å². The smallest absolute Gasteiger partial charge is 0.358 e. The van der Waals surface area contributed by atoms with Crippen LogP contribution in [-0.2, 0) is 0 Å². The Morgan fingerprint density at radius 3 is 2.45 bits per heavy atom. The molecule has 0 radical (unpaired) electrons. The largest absolute Gasteiger partial charge is 0.476 e. The number of carbonyl (C=O) groups is 1. The quantitative estimate of drug-likeness (QED) is 0.797. The molecule has 0 atom stereocenters. The Hall–Kier alpha value is -3.08. The van der Waals surface area contributed by atoms with Crippen LogP contribution in [0, 0.1) is 6.92 Å². The zero-order chi connectivity index (χ0) is 15.5. The summed E-state index contributed by atoms with van der Waals surface area (Å²) in [7, 11) is 0. The molecule has 3 aromatic rings. The van der Waals surface area contributed by atoms with Crippen molar-refractivity contribution in [3.8, 4) is 17.2 Å². The van der Waals surface area contributed by atoms with Crippen LogP contribution in [0.1, 0.15) is 16.1 Å². The number of carboxylic acid groups (broad SMARTS) is 1. The number of ether oxygens (including phenoxy) is 1. The van der Waals surface area contributed by atoms with E-state index in [1.54, 1.807) is 12.1 Å². The van der Waals surface area contributed by atoms with Gasteiger partial charge in [0.25, 0.3) is 0 Å². The number of hydrogen-bond acceptors (Lipinski definition) is 3. The van der Waals surface area contributed by atoms with Crippen LogP contribution in [-0.4, -0.2) is 20.9 Å². The fourth-order valence-corrected chi connectivity index (χ4v) is 2.20. The minimum atomic E-state index is -1.09. The SMILES string of the molecule is Cc1ccccc1-n1ncc(Oc2ccccc2)c1C(=O)O. The fourth-order valence-electron chi connectivity index (χ4n) is 2.20. The van der Waals surface area contributed by atoms with E-state index in [9.17, 15) is 9.90 Å². The first-order valence-electron chi connectivity index (χ1n) is 6.77. The summed E-state index contributed by atoms with van der Waals surface area (Å²) in [5.74, 6) is -0.317. The molecule has 0 aliphatic carbocycles. The van der Waals surface area contributed by atoms with E-state index in [1.165, 1.54) is 10.9 Å². The van der Waals surface area contributed by atoms with E-state index in [0.29, 0.717) is 11.4 Å². The molecule has 1 aromatic heterocycles. The minimum Gasteiger partial charge on any atom is -0.476 e. The topological polar surface area (TPSA) is 64.4 Å². The second kappa shape index (κ2) is 5.73. The van der Waals surface area contributed by atoms with Gasteiger partial charge >= 0.3 is 5.97 Å². The van der Waals surface area contributed by atoms with E-state index < -0.39 is 5.97 Å². The second-order valence-corrected chi connectivity index (χ2v) is 4.78. The van der Waals surface area contributed by atoms with Crippen molar-refractivity contribution in [3.05, 3.63) is 72.1 Å². The number of aryl methyl sites for hydroxylation is 1. The molecular weight excluding hydrogens is 280 g/mol. The maximum atomic E-state index is 11.6. The van der Waals surface area contributed by atoms with Crippen molar-refractivity contribution in [2.45, 2.75) is 6.92 Å². The number of aromatic carboxylic acids is 1. The molecule has 0 aliphatic rings. The van der Waals surface area contributed by atoms with Crippen molar-refractivity contribution in [3.63, 3.8) is 0 Å². The molecule has 5 heteroatoms. The predicted octanol–water partition coefficient (Wildman–Crippen LogP) is 3.67. The summed E-state index contributed by atoms with van der Waals surface area (Å²) < 4.78 is 7.03. The van der Waals surface area contributed by atoms with Gasteiger partial charge < -0.3 is 9.84 Å². The molecule has 22 heavy (non-hydrogen) atoms. The Bertz CT molecular complexity index is 810. The van der Waals surface area contributed by atoms with Gasteiger partial charge in [-0.1, -0.05) is 36.4 Å². The van der Waals surface area contributed by atoms with Gasteiger partial charge in [0.1, 0.15) is 5.75 Å². The summed E-state index contributed by atoms with van der Waals surface area (Å²) in [6.45, 7) is 1.90. The Balaban J connectivity index is 2.07. The first kappa shape index (κ1) is 13.9. The van der Waals surface area contributed by atoms with Crippen molar-refractivity contribution in [2.24, 2.45) is 0 Å². The van der Waals surface area contributed by atoms with Gasteiger partial charge in [0, 0.05) is 0 Å². The van der Waals surface area contributed by atoms with E-state index in [4.69, 9.17) is 4.74 Å². The summed E-state index contributed by atoms with van der Waals surface area (Å²) in [4.78, 5) is 11.6. The molecule has 0 fully saturated rings. The molecule has 3 rings (SSSR count). The number of nitrogens with zero attached hydrogens (tertiary/aromatic N) is 2. The zero-order valence-corrected chi connectivity index (χ0v) is 11.9. The Labute approximate surface area is 127 Å². The average Bonchev–Trinajstić information content (AvgIpc) is 2.92. The van der Waals surface area contributed by atoms with Crippen LogP contribution in [0.5, 0.6) is 11.5 Å². The van der Waals surface area contributed by atoms with E-state index in [0.717, 1.165) is 5.56 Å². The minimum absolute atomic E-state index is 0.00171. The van der Waals surface area contributed by atoms with Crippen LogP contribution in [0.4, 0.5) is 0 Å². The monoisotopic (exact) mass is 294 g/mol. The molecule has 0 aliphatic heterocycles. The lowest BCUT2D eigenvalue weighted by molar-refractivity contribution is 0.0684. The number of aromatic nitrogens is 2. The maximum Gasteiger partial charge on any atom is 0.358 e. The van der Waals surface area contributed by atoms with E-state index in [1.807, 2.05) is 49.4 Å².